The Balaban J connectivity index is 1.58. The van der Waals surface area contributed by atoms with Gasteiger partial charge in [-0.3, -0.25) is 19.8 Å². The van der Waals surface area contributed by atoms with Gasteiger partial charge in [-0.15, -0.1) is 0 Å². The van der Waals surface area contributed by atoms with Crippen LogP contribution in [0.5, 0.6) is 0 Å². The molecule has 1 amide bonds. The fraction of sp³-hybridized carbons (Fsp3) is 0.409. The van der Waals surface area contributed by atoms with Gasteiger partial charge in [-0.1, -0.05) is 30.3 Å². The molecule has 2 aromatic carbocycles. The van der Waals surface area contributed by atoms with Crippen LogP contribution in [0.3, 0.4) is 0 Å². The van der Waals surface area contributed by atoms with Crippen molar-refractivity contribution in [3.63, 3.8) is 0 Å². The summed E-state index contributed by atoms with van der Waals surface area (Å²) < 4.78 is 10.8. The molecule has 0 saturated carbocycles. The number of hydrogen-bond donors (Lipinski definition) is 1. The molecule has 2 saturated heterocycles. The van der Waals surface area contributed by atoms with Crippen LogP contribution in [0.25, 0.3) is 0 Å². The van der Waals surface area contributed by atoms with Crippen LogP contribution in [-0.4, -0.2) is 68.3 Å². The minimum absolute atomic E-state index is 0.0256. The number of ether oxygens (including phenoxy) is 2. The van der Waals surface area contributed by atoms with Crippen molar-refractivity contribution in [1.29, 1.82) is 0 Å². The van der Waals surface area contributed by atoms with E-state index in [0.29, 0.717) is 64.0 Å². The molecule has 2 aliphatic heterocycles. The maximum absolute atomic E-state index is 13.3. The van der Waals surface area contributed by atoms with Crippen LogP contribution in [0, 0.1) is 10.1 Å². The second-order valence-corrected chi connectivity index (χ2v) is 7.51. The number of carbonyl (C=O) groups is 1. The quantitative estimate of drug-likeness (QED) is 0.560. The molecule has 0 spiro atoms. The number of morpholine rings is 2. The maximum atomic E-state index is 13.3. The van der Waals surface area contributed by atoms with Crippen molar-refractivity contribution in [2.75, 3.05) is 62.8 Å². The predicted octanol–water partition coefficient (Wildman–Crippen LogP) is 2.44. The molecule has 0 radical (unpaired) electrons. The number of rotatable bonds is 6. The number of anilines is 2. The van der Waals surface area contributed by atoms with Crippen molar-refractivity contribution >= 4 is 23.0 Å². The van der Waals surface area contributed by atoms with Gasteiger partial charge < -0.3 is 19.7 Å². The first kappa shape index (κ1) is 21.2. The largest absolute Gasteiger partial charge is 0.379 e. The molecule has 2 aromatic rings. The van der Waals surface area contributed by atoms with E-state index in [2.05, 4.69) is 10.2 Å². The fourth-order valence-corrected chi connectivity index (χ4v) is 4.03. The third-order valence-electron chi connectivity index (χ3n) is 5.57. The van der Waals surface area contributed by atoms with E-state index in [-0.39, 0.29) is 11.6 Å². The number of carbonyl (C=O) groups excluding carboxylic acids is 1. The van der Waals surface area contributed by atoms with Crippen molar-refractivity contribution in [3.8, 4) is 0 Å². The molecule has 31 heavy (non-hydrogen) atoms. The molecular formula is C22H26N4O5. The summed E-state index contributed by atoms with van der Waals surface area (Å²) in [6, 6.07) is 13.9. The lowest BCUT2D eigenvalue weighted by atomic mass is 10.0. The summed E-state index contributed by atoms with van der Waals surface area (Å²) in [4.78, 5) is 28.6. The molecular weight excluding hydrogens is 400 g/mol. The highest BCUT2D eigenvalue weighted by molar-refractivity contribution is 5.96. The summed E-state index contributed by atoms with van der Waals surface area (Å²) in [5, 5.41) is 14.6. The highest BCUT2D eigenvalue weighted by Crippen LogP contribution is 2.32. The molecule has 4 rings (SSSR count). The van der Waals surface area contributed by atoms with Crippen molar-refractivity contribution < 1.29 is 19.2 Å². The standard InChI is InChI=1S/C22H26N4O5/c27-22(21(17-4-2-1-3-5-17)25-10-14-31-15-11-25)23-18-6-7-19(20(16-18)26(28)29)24-8-12-30-13-9-24/h1-7,16,21H,8-15H2,(H,23,27)/t21-/m1/s1. The third-order valence-corrected chi connectivity index (χ3v) is 5.57. The molecule has 2 aliphatic rings. The molecule has 0 unspecified atom stereocenters. The fourth-order valence-electron chi connectivity index (χ4n) is 4.03. The van der Waals surface area contributed by atoms with Gasteiger partial charge in [0.25, 0.3) is 5.69 Å². The first-order valence-corrected chi connectivity index (χ1v) is 10.4. The Morgan fingerprint density at radius 2 is 1.61 bits per heavy atom. The van der Waals surface area contributed by atoms with E-state index in [0.717, 1.165) is 5.56 Å². The lowest BCUT2D eigenvalue weighted by Gasteiger charge is -2.33. The van der Waals surface area contributed by atoms with Crippen LogP contribution in [0.1, 0.15) is 11.6 Å². The van der Waals surface area contributed by atoms with E-state index in [9.17, 15) is 14.9 Å². The predicted molar refractivity (Wildman–Crippen MR) is 116 cm³/mol. The number of nitro benzene ring substituents is 1. The Hall–Kier alpha value is -3.01. The van der Waals surface area contributed by atoms with Gasteiger partial charge >= 0.3 is 0 Å². The minimum Gasteiger partial charge on any atom is -0.379 e. The summed E-state index contributed by atoms with van der Waals surface area (Å²) in [7, 11) is 0. The van der Waals surface area contributed by atoms with E-state index in [4.69, 9.17) is 9.47 Å². The van der Waals surface area contributed by atoms with Crippen LogP contribution >= 0.6 is 0 Å². The third kappa shape index (κ3) is 5.01. The topological polar surface area (TPSA) is 97.2 Å². The smallest absolute Gasteiger partial charge is 0.294 e. The monoisotopic (exact) mass is 426 g/mol. The van der Waals surface area contributed by atoms with Gasteiger partial charge in [0.2, 0.25) is 5.91 Å². The molecule has 0 aliphatic carbocycles. The van der Waals surface area contributed by atoms with Crippen molar-refractivity contribution in [2.45, 2.75) is 6.04 Å². The second-order valence-electron chi connectivity index (χ2n) is 7.51. The van der Waals surface area contributed by atoms with Gasteiger partial charge in [-0.05, 0) is 17.7 Å². The number of nitro groups is 1. The lowest BCUT2D eigenvalue weighted by Crippen LogP contribution is -2.43. The van der Waals surface area contributed by atoms with Crippen LogP contribution in [-0.2, 0) is 14.3 Å². The maximum Gasteiger partial charge on any atom is 0.294 e. The molecule has 1 N–H and O–H groups in total. The van der Waals surface area contributed by atoms with Gasteiger partial charge in [0.05, 0.1) is 31.4 Å². The highest BCUT2D eigenvalue weighted by atomic mass is 16.6. The molecule has 2 heterocycles. The Morgan fingerprint density at radius 1 is 0.968 bits per heavy atom. The highest BCUT2D eigenvalue weighted by Gasteiger charge is 2.30. The Morgan fingerprint density at radius 3 is 2.26 bits per heavy atom. The van der Waals surface area contributed by atoms with E-state index in [1.54, 1.807) is 12.1 Å². The summed E-state index contributed by atoms with van der Waals surface area (Å²) in [5.41, 5.74) is 1.80. The number of amides is 1. The van der Waals surface area contributed by atoms with Crippen molar-refractivity contribution in [2.24, 2.45) is 0 Å². The molecule has 164 valence electrons. The summed E-state index contributed by atoms with van der Waals surface area (Å²) in [5.74, 6) is -0.221. The van der Waals surface area contributed by atoms with Gasteiger partial charge in [-0.25, -0.2) is 0 Å². The second kappa shape index (κ2) is 9.86. The lowest BCUT2D eigenvalue weighted by molar-refractivity contribution is -0.384. The normalized spacial score (nSPS) is 18.4. The van der Waals surface area contributed by atoms with Gasteiger partial charge in [0, 0.05) is 37.9 Å². The van der Waals surface area contributed by atoms with Gasteiger partial charge in [-0.2, -0.15) is 0 Å². The minimum atomic E-state index is -0.497. The average Bonchev–Trinajstić information content (AvgIpc) is 2.81. The van der Waals surface area contributed by atoms with Crippen LogP contribution in [0.15, 0.2) is 48.5 Å². The van der Waals surface area contributed by atoms with Crippen molar-refractivity contribution in [1.82, 2.24) is 4.90 Å². The van der Waals surface area contributed by atoms with Crippen LogP contribution in [0.2, 0.25) is 0 Å². The van der Waals surface area contributed by atoms with Crippen molar-refractivity contribution in [3.05, 3.63) is 64.2 Å². The Bertz CT molecular complexity index is 911. The Kier molecular flexibility index (Phi) is 6.76. The van der Waals surface area contributed by atoms with Crippen LogP contribution < -0.4 is 10.2 Å². The SMILES string of the molecule is O=C(Nc1ccc(N2CCOCC2)c([N+](=O)[O-])c1)[C@@H](c1ccccc1)N1CCOCC1. The zero-order chi connectivity index (χ0) is 21.6. The molecule has 0 aromatic heterocycles. The number of benzene rings is 2. The molecule has 2 fully saturated rings. The zero-order valence-electron chi connectivity index (χ0n) is 17.2. The van der Waals surface area contributed by atoms with E-state index in [1.165, 1.54) is 6.07 Å². The number of nitrogens with one attached hydrogen (secondary N) is 1. The summed E-state index contributed by atoms with van der Waals surface area (Å²) >= 11 is 0. The molecule has 0 bridgehead atoms. The molecule has 1 atom stereocenters. The van der Waals surface area contributed by atoms with Gasteiger partial charge in [0.1, 0.15) is 11.7 Å². The van der Waals surface area contributed by atoms with Crippen LogP contribution in [0.4, 0.5) is 17.1 Å². The number of hydrogen-bond acceptors (Lipinski definition) is 7. The summed E-state index contributed by atoms with van der Waals surface area (Å²) in [6.07, 6.45) is 0. The number of nitrogens with zero attached hydrogens (tertiary/aromatic N) is 3. The summed E-state index contributed by atoms with van der Waals surface area (Å²) in [6.45, 7) is 4.68. The van der Waals surface area contributed by atoms with E-state index < -0.39 is 11.0 Å². The molecule has 9 nitrogen and oxygen atoms in total. The first-order valence-electron chi connectivity index (χ1n) is 10.4. The van der Waals surface area contributed by atoms with E-state index >= 15 is 0 Å². The zero-order valence-corrected chi connectivity index (χ0v) is 17.2. The molecule has 9 heteroatoms. The first-order chi connectivity index (χ1) is 15.1. The average molecular weight is 426 g/mol. The Labute approximate surface area is 180 Å². The van der Waals surface area contributed by atoms with E-state index in [1.807, 2.05) is 35.2 Å². The van der Waals surface area contributed by atoms with Gasteiger partial charge in [0.15, 0.2) is 0 Å².